The molecule has 0 aliphatic heterocycles. The van der Waals surface area contributed by atoms with Crippen LogP contribution in [0, 0.1) is 28.4 Å². The molecule has 1 aliphatic rings. The Hall–Kier alpha value is 0.265. The second-order valence-electron chi connectivity index (χ2n) is 4.10. The summed E-state index contributed by atoms with van der Waals surface area (Å²) in [6.45, 7) is 10.0. The molecule has 0 fully saturated rings. The summed E-state index contributed by atoms with van der Waals surface area (Å²) in [5, 5.41) is 0. The summed E-state index contributed by atoms with van der Waals surface area (Å²) in [4.78, 5) is 0. The molecule has 0 aromatic carbocycles. The maximum absolute atomic E-state index is 5.98. The molecule has 0 saturated carbocycles. The van der Waals surface area contributed by atoms with Gasteiger partial charge in [0.1, 0.15) is 0 Å². The van der Waals surface area contributed by atoms with Crippen LogP contribution in [0.3, 0.4) is 0 Å². The maximum atomic E-state index is 5.98. The molecule has 0 heterocycles. The molecule has 0 radical (unpaired) electrons. The summed E-state index contributed by atoms with van der Waals surface area (Å²) in [6, 6.07) is 0. The van der Waals surface area contributed by atoms with Gasteiger partial charge in [0.05, 0.1) is 0 Å². The van der Waals surface area contributed by atoms with Crippen LogP contribution in [-0.2, 0) is 34.3 Å². The van der Waals surface area contributed by atoms with Gasteiger partial charge in [0.25, 0.3) is 0 Å². The van der Waals surface area contributed by atoms with E-state index in [0.29, 0.717) is 19.8 Å². The Kier molecular flexibility index (Phi) is 22.1. The average Bonchev–Trinajstić information content (AvgIpc) is 2.84. The predicted octanol–water partition coefficient (Wildman–Crippen LogP) is 4.85. The second-order valence-corrected chi connectivity index (χ2v) is 6.87. The average molecular weight is 510 g/mol. The maximum Gasteiger partial charge on any atom is 4.00 e. The molecule has 0 aromatic heterocycles. The van der Waals surface area contributed by atoms with E-state index in [-0.39, 0.29) is 48.9 Å². The molecule has 3 nitrogen and oxygen atoms in total. The van der Waals surface area contributed by atoms with Crippen molar-refractivity contribution in [3.63, 3.8) is 0 Å². The van der Waals surface area contributed by atoms with Crippen LogP contribution in [0.4, 0.5) is 0 Å². The Morgan fingerprint density at radius 1 is 1.00 bits per heavy atom. The smallest absolute Gasteiger partial charge is 0.373 e. The summed E-state index contributed by atoms with van der Waals surface area (Å²) in [5.74, 6) is 0. The van der Waals surface area contributed by atoms with Gasteiger partial charge in [-0.1, -0.05) is 6.92 Å². The van der Waals surface area contributed by atoms with E-state index in [9.17, 15) is 0 Å². The zero-order valence-electron chi connectivity index (χ0n) is 15.3. The van der Waals surface area contributed by atoms with Gasteiger partial charge in [-0.15, -0.1) is 6.42 Å². The van der Waals surface area contributed by atoms with Crippen molar-refractivity contribution in [3.05, 3.63) is 46.1 Å². The van der Waals surface area contributed by atoms with Crippen LogP contribution in [-0.4, -0.2) is 28.6 Å². The molecule has 0 N–H and O–H groups in total. The molecule has 5 heteroatoms. The van der Waals surface area contributed by atoms with E-state index in [1.54, 1.807) is 0 Å². The Balaban J connectivity index is -0.000000405. The molecule has 134 valence electrons. The third kappa shape index (κ3) is 7.69. The van der Waals surface area contributed by atoms with Crippen molar-refractivity contribution in [2.24, 2.45) is 0 Å². The van der Waals surface area contributed by atoms with Crippen LogP contribution >= 0.6 is 0 Å². The van der Waals surface area contributed by atoms with E-state index in [1.807, 2.05) is 20.8 Å². The van der Waals surface area contributed by atoms with Crippen molar-refractivity contribution in [1.82, 2.24) is 0 Å². The molecule has 0 amide bonds. The third-order valence-electron chi connectivity index (χ3n) is 2.97. The molecule has 0 spiro atoms. The van der Waals surface area contributed by atoms with Crippen LogP contribution in [0.2, 0.25) is 5.54 Å². The first kappa shape index (κ1) is 30.2. The monoisotopic (exact) mass is 509 g/mol. The van der Waals surface area contributed by atoms with Gasteiger partial charge >= 0.3 is 29.9 Å². The van der Waals surface area contributed by atoms with Crippen LogP contribution in [0.25, 0.3) is 0 Å². The number of hydrogen-bond donors (Lipinski definition) is 0. The summed E-state index contributed by atoms with van der Waals surface area (Å²) in [7, 11) is -2.64. The van der Waals surface area contributed by atoms with Crippen molar-refractivity contribution in [3.8, 4) is 0 Å². The Morgan fingerprint density at radius 3 is 1.73 bits per heavy atom. The van der Waals surface area contributed by atoms with Crippen molar-refractivity contribution >= 4 is 8.80 Å². The summed E-state index contributed by atoms with van der Waals surface area (Å²) >= 11 is 0. The molecule has 1 unspecified atom stereocenters. The van der Waals surface area contributed by atoms with Crippen LogP contribution in [0.5, 0.6) is 0 Å². The zero-order chi connectivity index (χ0) is 13.4. The molecule has 1 atom stereocenters. The van der Waals surface area contributed by atoms with E-state index in [4.69, 9.17) is 13.3 Å². The first-order chi connectivity index (χ1) is 8.74. The van der Waals surface area contributed by atoms with Gasteiger partial charge in [-0.3, -0.25) is 6.08 Å². The Labute approximate surface area is 155 Å². The molecule has 1 aliphatic carbocycles. The van der Waals surface area contributed by atoms with E-state index < -0.39 is 8.80 Å². The summed E-state index contributed by atoms with van der Waals surface area (Å²) in [6.07, 6.45) is 9.49. The van der Waals surface area contributed by atoms with E-state index in [1.165, 1.54) is 5.57 Å². The molecular formula is C17H34O3PtSi. The number of allylic oxidation sites excluding steroid dienone is 4. The standard InChI is InChI=1S/C14H25O3Si.3CH3.Pt/c1-5-14(13-11-9-10-12-13)18(15-6-2,16-7-3)17-8-4;;;;/h9,11,14H,5-8,10H2,1-4H3;3*1H3;/q4*-1;+4. The van der Waals surface area contributed by atoms with Gasteiger partial charge in [0, 0.05) is 25.4 Å². The fourth-order valence-corrected chi connectivity index (χ4v) is 5.49. The molecule has 0 saturated heterocycles. The molecular weight excluding hydrogens is 475 g/mol. The van der Waals surface area contributed by atoms with E-state index >= 15 is 0 Å². The van der Waals surface area contributed by atoms with Crippen molar-refractivity contribution < 1.29 is 34.3 Å². The SMILES string of the molecule is CCO[Si](OCC)(OCC)C(CC)C1=[C-]CC=C1.[CH3-].[CH3-].[CH3-].[Pt+4]. The van der Waals surface area contributed by atoms with Crippen LogP contribution in [0.1, 0.15) is 40.5 Å². The molecule has 1 rings (SSSR count). The first-order valence-corrected chi connectivity index (χ1v) is 8.73. The van der Waals surface area contributed by atoms with Crippen LogP contribution < -0.4 is 0 Å². The minimum absolute atomic E-state index is 0. The molecule has 0 aromatic rings. The summed E-state index contributed by atoms with van der Waals surface area (Å²) in [5.41, 5.74) is 1.40. The summed E-state index contributed by atoms with van der Waals surface area (Å²) < 4.78 is 17.9. The first-order valence-electron chi connectivity index (χ1n) is 6.93. The topological polar surface area (TPSA) is 27.7 Å². The Bertz CT molecular complexity index is 289. The Morgan fingerprint density at radius 2 is 1.45 bits per heavy atom. The van der Waals surface area contributed by atoms with Gasteiger partial charge < -0.3 is 35.6 Å². The van der Waals surface area contributed by atoms with Crippen molar-refractivity contribution in [2.75, 3.05) is 19.8 Å². The minimum Gasteiger partial charge on any atom is -0.373 e. The molecule has 22 heavy (non-hydrogen) atoms. The van der Waals surface area contributed by atoms with Gasteiger partial charge in [-0.2, -0.15) is 6.08 Å². The van der Waals surface area contributed by atoms with Gasteiger partial charge in [-0.25, -0.2) is 11.6 Å². The van der Waals surface area contributed by atoms with E-state index in [2.05, 4.69) is 25.2 Å². The number of hydrogen-bond acceptors (Lipinski definition) is 3. The zero-order valence-corrected chi connectivity index (χ0v) is 18.6. The van der Waals surface area contributed by atoms with Gasteiger partial charge in [0.2, 0.25) is 0 Å². The quantitative estimate of drug-likeness (QED) is 0.329. The fraction of sp³-hybridized carbons (Fsp3) is 0.588. The molecule has 0 bridgehead atoms. The normalized spacial score (nSPS) is 13.9. The minimum atomic E-state index is -2.64. The van der Waals surface area contributed by atoms with Crippen molar-refractivity contribution in [2.45, 2.75) is 46.1 Å². The van der Waals surface area contributed by atoms with Crippen molar-refractivity contribution in [1.29, 1.82) is 0 Å². The fourth-order valence-electron chi connectivity index (χ4n) is 2.35. The van der Waals surface area contributed by atoms with Gasteiger partial charge in [0.15, 0.2) is 0 Å². The van der Waals surface area contributed by atoms with Crippen LogP contribution in [0.15, 0.2) is 17.7 Å². The third-order valence-corrected chi connectivity index (χ3v) is 6.61. The largest absolute Gasteiger partial charge is 4.00 e. The predicted molar refractivity (Wildman–Crippen MR) is 94.4 cm³/mol. The second kappa shape index (κ2) is 16.1. The number of rotatable bonds is 9. The van der Waals surface area contributed by atoms with Gasteiger partial charge in [-0.05, 0) is 27.2 Å². The van der Waals surface area contributed by atoms with E-state index in [0.717, 1.165) is 12.8 Å².